The second-order valence-corrected chi connectivity index (χ2v) is 9.49. The summed E-state index contributed by atoms with van der Waals surface area (Å²) in [6.07, 6.45) is 2.58. The number of H-pyrrole nitrogens is 1. The Hall–Kier alpha value is -4.30. The van der Waals surface area contributed by atoms with E-state index in [1.165, 1.54) is 69.3 Å². The molecular formula is C27H27F7N6O2. The number of benzene rings is 1. The van der Waals surface area contributed by atoms with Crippen LogP contribution >= 0.6 is 0 Å². The monoisotopic (exact) mass is 600 g/mol. The maximum absolute atomic E-state index is 14.3. The fraction of sp³-hybridized carbons (Fsp3) is 0.370. The number of nitrogen functional groups attached to an aromatic ring is 1. The van der Waals surface area contributed by atoms with Gasteiger partial charge in [0.05, 0.1) is 34.1 Å². The molecule has 0 spiro atoms. The molecule has 0 amide bonds. The van der Waals surface area contributed by atoms with Gasteiger partial charge in [-0.1, -0.05) is 38.5 Å². The zero-order valence-electron chi connectivity index (χ0n) is 22.5. The van der Waals surface area contributed by atoms with Gasteiger partial charge in [0.25, 0.3) is 11.1 Å². The van der Waals surface area contributed by atoms with E-state index in [4.69, 9.17) is 5.73 Å². The third kappa shape index (κ3) is 7.91. The standard InChI is InChI=1S/C16H11F4N3O.C6H12.C5H4F3N3O/c1-8-12(16(18,19)20)7-21-14(22-8)11-5-9-3-4-23(2)15(24)10(9)6-13(11)17;1-2-4-6-5-3-1;6-5(7,8)3-2(9)1-10-11-4(3)12/h3-7H,1-2H3;1-6H2;1H,(H3,9,11,12). The lowest BCUT2D eigenvalue weighted by Gasteiger charge is -2.11. The van der Waals surface area contributed by atoms with Gasteiger partial charge in [0.1, 0.15) is 11.4 Å². The predicted molar refractivity (Wildman–Crippen MR) is 142 cm³/mol. The van der Waals surface area contributed by atoms with Crippen molar-refractivity contribution in [2.24, 2.45) is 7.05 Å². The van der Waals surface area contributed by atoms with Crippen LogP contribution in [0, 0.1) is 12.7 Å². The van der Waals surface area contributed by atoms with Crippen LogP contribution in [-0.4, -0.2) is 24.7 Å². The van der Waals surface area contributed by atoms with E-state index in [9.17, 15) is 40.3 Å². The molecule has 15 heteroatoms. The van der Waals surface area contributed by atoms with E-state index in [1.807, 2.05) is 0 Å². The van der Waals surface area contributed by atoms with Crippen LogP contribution in [0.3, 0.4) is 0 Å². The molecule has 0 unspecified atom stereocenters. The van der Waals surface area contributed by atoms with Crippen LogP contribution in [0.15, 0.2) is 46.4 Å². The van der Waals surface area contributed by atoms with Gasteiger partial charge in [-0.15, -0.1) is 0 Å². The van der Waals surface area contributed by atoms with E-state index in [2.05, 4.69) is 15.1 Å². The van der Waals surface area contributed by atoms with Crippen molar-refractivity contribution in [3.05, 3.63) is 80.1 Å². The number of aryl methyl sites for hydroxylation is 2. The van der Waals surface area contributed by atoms with Crippen molar-refractivity contribution in [2.75, 3.05) is 5.73 Å². The van der Waals surface area contributed by atoms with Gasteiger partial charge < -0.3 is 10.3 Å². The van der Waals surface area contributed by atoms with Crippen molar-refractivity contribution in [1.82, 2.24) is 24.7 Å². The molecule has 0 saturated heterocycles. The number of nitrogens with two attached hydrogens (primary N) is 1. The molecule has 1 fully saturated rings. The summed E-state index contributed by atoms with van der Waals surface area (Å²) in [4.78, 5) is 29.9. The molecule has 4 aromatic rings. The number of fused-ring (bicyclic) bond motifs is 1. The van der Waals surface area contributed by atoms with Crippen LogP contribution in [0.25, 0.3) is 22.2 Å². The lowest BCUT2D eigenvalue weighted by molar-refractivity contribution is -0.139. The van der Waals surface area contributed by atoms with Crippen molar-refractivity contribution >= 4 is 16.5 Å². The van der Waals surface area contributed by atoms with Gasteiger partial charge in [-0.25, -0.2) is 19.5 Å². The summed E-state index contributed by atoms with van der Waals surface area (Å²) in [5, 5.41) is 5.36. The topological polar surface area (TPSA) is 120 Å². The SMILES string of the molecule is C1CCCCC1.Cc1nc(-c2cc3ccn(C)c(=O)c3cc2F)ncc1C(F)(F)F.Nc1cn[nH]c(=O)c1C(F)(F)F. The van der Waals surface area contributed by atoms with Gasteiger partial charge in [0.2, 0.25) is 0 Å². The summed E-state index contributed by atoms with van der Waals surface area (Å²) >= 11 is 0. The molecule has 42 heavy (non-hydrogen) atoms. The summed E-state index contributed by atoms with van der Waals surface area (Å²) in [5.41, 5.74) is -0.207. The smallest absolute Gasteiger partial charge is 0.397 e. The molecule has 1 aliphatic carbocycles. The number of pyridine rings is 1. The molecule has 5 rings (SSSR count). The summed E-state index contributed by atoms with van der Waals surface area (Å²) < 4.78 is 89.9. The number of nitrogens with zero attached hydrogens (tertiary/aromatic N) is 4. The number of halogens is 7. The number of aromatic amines is 1. The molecule has 1 aromatic carbocycles. The molecule has 1 saturated carbocycles. The maximum atomic E-state index is 14.3. The second kappa shape index (κ2) is 13.1. The fourth-order valence-electron chi connectivity index (χ4n) is 4.17. The number of anilines is 1. The predicted octanol–water partition coefficient (Wildman–Crippen LogP) is 6.17. The molecule has 0 atom stereocenters. The van der Waals surface area contributed by atoms with Crippen molar-refractivity contribution in [1.29, 1.82) is 0 Å². The molecule has 3 N–H and O–H groups in total. The van der Waals surface area contributed by atoms with Crippen molar-refractivity contribution in [3.63, 3.8) is 0 Å². The number of hydrogen-bond donors (Lipinski definition) is 2. The molecule has 0 radical (unpaired) electrons. The van der Waals surface area contributed by atoms with E-state index in [0.717, 1.165) is 12.3 Å². The lowest BCUT2D eigenvalue weighted by atomic mass is 10.0. The molecule has 3 heterocycles. The Morgan fingerprint density at radius 3 is 2.00 bits per heavy atom. The van der Waals surface area contributed by atoms with E-state index in [-0.39, 0.29) is 28.0 Å². The number of alkyl halides is 6. The van der Waals surface area contributed by atoms with Crippen molar-refractivity contribution in [2.45, 2.75) is 57.8 Å². The highest BCUT2D eigenvalue weighted by Crippen LogP contribution is 2.32. The van der Waals surface area contributed by atoms with E-state index in [1.54, 1.807) is 11.2 Å². The summed E-state index contributed by atoms with van der Waals surface area (Å²) in [6.45, 7) is 1.18. The van der Waals surface area contributed by atoms with Gasteiger partial charge in [0.15, 0.2) is 5.82 Å². The van der Waals surface area contributed by atoms with Gasteiger partial charge >= 0.3 is 12.4 Å². The van der Waals surface area contributed by atoms with Gasteiger partial charge in [-0.2, -0.15) is 31.4 Å². The van der Waals surface area contributed by atoms with Crippen LogP contribution < -0.4 is 16.9 Å². The third-order valence-corrected chi connectivity index (χ3v) is 6.36. The van der Waals surface area contributed by atoms with Crippen LogP contribution in [0.1, 0.15) is 55.3 Å². The van der Waals surface area contributed by atoms with Gasteiger partial charge in [0, 0.05) is 19.4 Å². The maximum Gasteiger partial charge on any atom is 0.423 e. The summed E-state index contributed by atoms with van der Waals surface area (Å²) in [7, 11) is 1.54. The fourth-order valence-corrected chi connectivity index (χ4v) is 4.17. The van der Waals surface area contributed by atoms with E-state index >= 15 is 0 Å². The number of hydrogen-bond acceptors (Lipinski definition) is 6. The van der Waals surface area contributed by atoms with Crippen LogP contribution in [0.2, 0.25) is 0 Å². The Morgan fingerprint density at radius 2 is 1.52 bits per heavy atom. The third-order valence-electron chi connectivity index (χ3n) is 6.36. The average Bonchev–Trinajstić information content (AvgIpc) is 2.91. The van der Waals surface area contributed by atoms with Crippen LogP contribution in [0.4, 0.5) is 36.4 Å². The Balaban J connectivity index is 0.000000221. The quantitative estimate of drug-likeness (QED) is 0.252. The first-order valence-electron chi connectivity index (χ1n) is 12.7. The molecule has 226 valence electrons. The molecule has 3 aromatic heterocycles. The molecule has 1 aliphatic rings. The first-order chi connectivity index (χ1) is 19.6. The highest BCUT2D eigenvalue weighted by atomic mass is 19.4. The molecule has 0 bridgehead atoms. The second-order valence-electron chi connectivity index (χ2n) is 9.49. The first kappa shape index (κ1) is 32.2. The number of nitrogens with one attached hydrogen (secondary N) is 1. The molecular weight excluding hydrogens is 573 g/mol. The normalized spacial score (nSPS) is 13.5. The average molecular weight is 601 g/mol. The highest BCUT2D eigenvalue weighted by molar-refractivity contribution is 5.86. The van der Waals surface area contributed by atoms with Gasteiger partial charge in [-0.05, 0) is 30.5 Å². The minimum absolute atomic E-state index is 0.0624. The van der Waals surface area contributed by atoms with Crippen molar-refractivity contribution in [3.8, 4) is 11.4 Å². The van der Waals surface area contributed by atoms with Gasteiger partial charge in [-0.3, -0.25) is 9.59 Å². The molecule has 8 nitrogen and oxygen atoms in total. The first-order valence-corrected chi connectivity index (χ1v) is 12.7. The van der Waals surface area contributed by atoms with Crippen LogP contribution in [-0.2, 0) is 19.4 Å². The Labute approximate surface area is 234 Å². The largest absolute Gasteiger partial charge is 0.423 e. The zero-order chi connectivity index (χ0) is 31.2. The highest BCUT2D eigenvalue weighted by Gasteiger charge is 2.36. The van der Waals surface area contributed by atoms with E-state index in [0.29, 0.717) is 11.6 Å². The number of rotatable bonds is 1. The number of aromatic nitrogens is 5. The Bertz CT molecular complexity index is 1650. The lowest BCUT2D eigenvalue weighted by Crippen LogP contribution is -2.24. The summed E-state index contributed by atoms with van der Waals surface area (Å²) in [6, 6.07) is 4.01. The van der Waals surface area contributed by atoms with Crippen LogP contribution in [0.5, 0.6) is 0 Å². The molecule has 0 aliphatic heterocycles. The minimum atomic E-state index is -4.74. The summed E-state index contributed by atoms with van der Waals surface area (Å²) in [5.74, 6) is -0.939. The Kier molecular flexibility index (Phi) is 10.1. The Morgan fingerprint density at radius 1 is 0.929 bits per heavy atom. The minimum Gasteiger partial charge on any atom is -0.397 e. The van der Waals surface area contributed by atoms with E-state index < -0.39 is 40.5 Å². The van der Waals surface area contributed by atoms with Crippen molar-refractivity contribution < 1.29 is 30.7 Å². The zero-order valence-corrected chi connectivity index (χ0v) is 22.5.